The number of carbonyl (C=O) groups excluding carboxylic acids is 2. The van der Waals surface area contributed by atoms with E-state index in [1.54, 1.807) is 18.2 Å². The molecule has 2 aromatic rings. The van der Waals surface area contributed by atoms with Crippen molar-refractivity contribution in [3.05, 3.63) is 53.1 Å². The Bertz CT molecular complexity index is 966. The second kappa shape index (κ2) is 10.5. The number of hydrogen-bond donors (Lipinski definition) is 1. The predicted molar refractivity (Wildman–Crippen MR) is 125 cm³/mol. The van der Waals surface area contributed by atoms with Crippen LogP contribution < -0.4 is 14.8 Å². The molecule has 2 aromatic carbocycles. The van der Waals surface area contributed by atoms with Crippen molar-refractivity contribution in [2.75, 3.05) is 31.6 Å². The quantitative estimate of drug-likeness (QED) is 0.688. The highest BCUT2D eigenvalue weighted by Crippen LogP contribution is 2.31. The average Bonchev–Trinajstić information content (AvgIpc) is 2.84. The van der Waals surface area contributed by atoms with Gasteiger partial charge in [0.1, 0.15) is 0 Å². The van der Waals surface area contributed by atoms with Crippen molar-refractivity contribution < 1.29 is 19.1 Å². The molecule has 4 rings (SSSR count). The highest BCUT2D eigenvalue weighted by Gasteiger charge is 2.19. The van der Waals surface area contributed by atoms with Crippen LogP contribution in [0, 0.1) is 0 Å². The Kier molecular flexibility index (Phi) is 7.30. The normalized spacial score (nSPS) is 15.6. The van der Waals surface area contributed by atoms with Gasteiger partial charge < -0.3 is 19.7 Å². The maximum absolute atomic E-state index is 13.0. The van der Waals surface area contributed by atoms with E-state index in [-0.39, 0.29) is 18.4 Å². The number of likely N-dealkylation sites (tertiary alicyclic amines) is 1. The summed E-state index contributed by atoms with van der Waals surface area (Å²) in [6.07, 6.45) is 7.67. The molecule has 2 aliphatic rings. The summed E-state index contributed by atoms with van der Waals surface area (Å²) in [6.45, 7) is 3.88. The number of ether oxygens (including phenoxy) is 2. The van der Waals surface area contributed by atoms with E-state index in [2.05, 4.69) is 11.4 Å². The third-order valence-corrected chi connectivity index (χ3v) is 6.21. The Morgan fingerprint density at radius 3 is 2.56 bits per heavy atom. The zero-order valence-electron chi connectivity index (χ0n) is 18.8. The molecule has 170 valence electrons. The number of benzene rings is 2. The number of fused-ring (bicyclic) bond motifs is 1. The van der Waals surface area contributed by atoms with Crippen molar-refractivity contribution >= 4 is 17.5 Å². The molecule has 32 heavy (non-hydrogen) atoms. The Balaban J connectivity index is 1.45. The molecule has 1 saturated heterocycles. The minimum atomic E-state index is -0.180. The number of anilines is 1. The first-order chi connectivity index (χ1) is 15.7. The van der Waals surface area contributed by atoms with E-state index in [9.17, 15) is 9.59 Å². The van der Waals surface area contributed by atoms with E-state index in [4.69, 9.17) is 9.47 Å². The SMILES string of the molecule is CCOc1cc(C(=O)Nc2cccc3c2CCCC3)ccc1OCC(=O)N1CCCCC1. The lowest BCUT2D eigenvalue weighted by Crippen LogP contribution is -2.38. The number of amides is 2. The van der Waals surface area contributed by atoms with Crippen molar-refractivity contribution in [3.8, 4) is 11.5 Å². The summed E-state index contributed by atoms with van der Waals surface area (Å²) in [5, 5.41) is 3.07. The molecule has 0 spiro atoms. The number of aryl methyl sites for hydroxylation is 1. The maximum Gasteiger partial charge on any atom is 0.260 e. The summed E-state index contributed by atoms with van der Waals surface area (Å²) in [7, 11) is 0. The zero-order chi connectivity index (χ0) is 22.3. The number of nitrogens with zero attached hydrogens (tertiary/aromatic N) is 1. The lowest BCUT2D eigenvalue weighted by atomic mass is 9.90. The van der Waals surface area contributed by atoms with Crippen molar-refractivity contribution in [1.82, 2.24) is 4.90 Å². The van der Waals surface area contributed by atoms with Crippen LogP contribution in [0.4, 0.5) is 5.69 Å². The van der Waals surface area contributed by atoms with Gasteiger partial charge in [-0.25, -0.2) is 0 Å². The van der Waals surface area contributed by atoms with Gasteiger partial charge in [0, 0.05) is 24.3 Å². The first kappa shape index (κ1) is 22.2. The molecule has 1 aliphatic carbocycles. The van der Waals surface area contributed by atoms with E-state index >= 15 is 0 Å². The zero-order valence-corrected chi connectivity index (χ0v) is 18.8. The van der Waals surface area contributed by atoms with Gasteiger partial charge in [0.25, 0.3) is 11.8 Å². The molecule has 6 nitrogen and oxygen atoms in total. The van der Waals surface area contributed by atoms with E-state index < -0.39 is 0 Å². The number of piperidine rings is 1. The molecule has 0 radical (unpaired) electrons. The maximum atomic E-state index is 13.0. The monoisotopic (exact) mass is 436 g/mol. The minimum absolute atomic E-state index is 0.0113. The lowest BCUT2D eigenvalue weighted by molar-refractivity contribution is -0.134. The van der Waals surface area contributed by atoms with E-state index in [1.165, 1.54) is 24.0 Å². The topological polar surface area (TPSA) is 67.9 Å². The molecule has 0 aromatic heterocycles. The number of hydrogen-bond acceptors (Lipinski definition) is 4. The largest absolute Gasteiger partial charge is 0.490 e. The minimum Gasteiger partial charge on any atom is -0.490 e. The van der Waals surface area contributed by atoms with Gasteiger partial charge in [0.15, 0.2) is 18.1 Å². The highest BCUT2D eigenvalue weighted by molar-refractivity contribution is 6.05. The van der Waals surface area contributed by atoms with Crippen molar-refractivity contribution in [1.29, 1.82) is 0 Å². The standard InChI is InChI=1S/C26H32N2O4/c1-2-31-24-17-20(13-14-23(24)32-18-25(29)28-15-6-3-7-16-28)26(30)27-22-12-8-10-19-9-4-5-11-21(19)22/h8,10,12-14,17H,2-7,9,11,15-16,18H2,1H3,(H,27,30). The molecule has 0 bridgehead atoms. The third kappa shape index (κ3) is 5.23. The molecule has 0 unspecified atom stereocenters. The molecule has 1 fully saturated rings. The Morgan fingerprint density at radius 1 is 0.938 bits per heavy atom. The van der Waals surface area contributed by atoms with Crippen LogP contribution >= 0.6 is 0 Å². The lowest BCUT2D eigenvalue weighted by Gasteiger charge is -2.26. The van der Waals surface area contributed by atoms with Gasteiger partial charge in [-0.2, -0.15) is 0 Å². The fourth-order valence-corrected chi connectivity index (χ4v) is 4.50. The first-order valence-corrected chi connectivity index (χ1v) is 11.7. The van der Waals surface area contributed by atoms with E-state index in [1.807, 2.05) is 24.0 Å². The van der Waals surface area contributed by atoms with Gasteiger partial charge in [-0.3, -0.25) is 9.59 Å². The summed E-state index contributed by atoms with van der Waals surface area (Å²) >= 11 is 0. The van der Waals surface area contributed by atoms with Gasteiger partial charge in [-0.05, 0) is 87.3 Å². The highest BCUT2D eigenvalue weighted by atomic mass is 16.5. The second-order valence-corrected chi connectivity index (χ2v) is 8.43. The van der Waals surface area contributed by atoms with E-state index in [0.717, 1.165) is 50.9 Å². The molecule has 2 amide bonds. The average molecular weight is 437 g/mol. The molecule has 6 heteroatoms. The van der Waals surface area contributed by atoms with Crippen LogP contribution in [0.1, 0.15) is 60.5 Å². The molecule has 1 aliphatic heterocycles. The van der Waals surface area contributed by atoms with E-state index in [0.29, 0.717) is 23.7 Å². The van der Waals surface area contributed by atoms with Crippen LogP contribution in [0.5, 0.6) is 11.5 Å². The van der Waals surface area contributed by atoms with Crippen molar-refractivity contribution in [3.63, 3.8) is 0 Å². The number of nitrogens with one attached hydrogen (secondary N) is 1. The van der Waals surface area contributed by atoms with Crippen LogP contribution in [-0.2, 0) is 17.6 Å². The summed E-state index contributed by atoms with van der Waals surface area (Å²) in [4.78, 5) is 27.3. The molecular formula is C26H32N2O4. The summed E-state index contributed by atoms with van der Waals surface area (Å²) in [6, 6.07) is 11.2. The Hall–Kier alpha value is -3.02. The van der Waals surface area contributed by atoms with Crippen molar-refractivity contribution in [2.45, 2.75) is 51.9 Å². The summed E-state index contributed by atoms with van der Waals surface area (Å²) in [5.41, 5.74) is 3.95. The number of rotatable bonds is 7. The third-order valence-electron chi connectivity index (χ3n) is 6.21. The smallest absolute Gasteiger partial charge is 0.260 e. The van der Waals surface area contributed by atoms with Crippen molar-refractivity contribution in [2.24, 2.45) is 0 Å². The van der Waals surface area contributed by atoms with Crippen LogP contribution in [0.2, 0.25) is 0 Å². The van der Waals surface area contributed by atoms with Crippen LogP contribution in [0.25, 0.3) is 0 Å². The summed E-state index contributed by atoms with van der Waals surface area (Å²) in [5.74, 6) is 0.760. The van der Waals surface area contributed by atoms with Gasteiger partial charge in [0.05, 0.1) is 6.61 Å². The molecule has 0 saturated carbocycles. The fourth-order valence-electron chi connectivity index (χ4n) is 4.50. The van der Waals surface area contributed by atoms with Gasteiger partial charge in [0.2, 0.25) is 0 Å². The first-order valence-electron chi connectivity index (χ1n) is 11.7. The second-order valence-electron chi connectivity index (χ2n) is 8.43. The van der Waals surface area contributed by atoms with Crippen LogP contribution in [-0.4, -0.2) is 43.0 Å². The molecule has 0 atom stereocenters. The molecular weight excluding hydrogens is 404 g/mol. The van der Waals surface area contributed by atoms with Crippen LogP contribution in [0.3, 0.4) is 0 Å². The summed E-state index contributed by atoms with van der Waals surface area (Å²) < 4.78 is 11.5. The Morgan fingerprint density at radius 2 is 1.75 bits per heavy atom. The number of carbonyl (C=O) groups is 2. The fraction of sp³-hybridized carbons (Fsp3) is 0.462. The molecule has 1 N–H and O–H groups in total. The molecule has 1 heterocycles. The predicted octanol–water partition coefficient (Wildman–Crippen LogP) is 4.61. The van der Waals surface area contributed by atoms with Gasteiger partial charge in [-0.1, -0.05) is 12.1 Å². The van der Waals surface area contributed by atoms with Crippen LogP contribution in [0.15, 0.2) is 36.4 Å². The van der Waals surface area contributed by atoms with Gasteiger partial charge in [-0.15, -0.1) is 0 Å². The Labute approximate surface area is 189 Å². The van der Waals surface area contributed by atoms with Gasteiger partial charge >= 0.3 is 0 Å².